The van der Waals surface area contributed by atoms with Gasteiger partial charge < -0.3 is 10.0 Å². The third kappa shape index (κ3) is 3.98. The number of aliphatic hydroxyl groups excluding tert-OH is 1. The molecule has 1 aliphatic rings. The van der Waals surface area contributed by atoms with Crippen molar-refractivity contribution < 1.29 is 9.50 Å². The fraction of sp³-hybridized carbons (Fsp3) is 0.571. The van der Waals surface area contributed by atoms with Crippen molar-refractivity contribution in [3.05, 3.63) is 35.6 Å². The molecule has 4 nitrogen and oxygen atoms in total. The molecule has 1 heterocycles. The Morgan fingerprint density at radius 1 is 1.16 bits per heavy atom. The van der Waals surface area contributed by atoms with Gasteiger partial charge in [0.05, 0.1) is 6.10 Å². The van der Waals surface area contributed by atoms with Gasteiger partial charge in [0.1, 0.15) is 5.82 Å². The number of hydrazine groups is 1. The lowest BCUT2D eigenvalue weighted by atomic mass is 10.0. The summed E-state index contributed by atoms with van der Waals surface area (Å²) in [4.78, 5) is 2.28. The van der Waals surface area contributed by atoms with E-state index in [1.807, 2.05) is 6.92 Å². The topological polar surface area (TPSA) is 38.7 Å². The number of benzene rings is 1. The molecule has 0 radical (unpaired) electrons. The van der Waals surface area contributed by atoms with Crippen molar-refractivity contribution in [2.24, 2.45) is 0 Å². The van der Waals surface area contributed by atoms with Gasteiger partial charge in [-0.2, -0.15) is 0 Å². The zero-order valence-corrected chi connectivity index (χ0v) is 11.5. The number of likely N-dealkylation sites (N-methyl/N-ethyl adjacent to an activating group) is 1. The summed E-state index contributed by atoms with van der Waals surface area (Å²) in [6, 6.07) is 5.90. The molecule has 1 aromatic rings. The lowest BCUT2D eigenvalue weighted by Crippen LogP contribution is -2.54. The Labute approximate surface area is 113 Å². The fourth-order valence-electron chi connectivity index (χ4n) is 2.24. The van der Waals surface area contributed by atoms with Gasteiger partial charge in [0.25, 0.3) is 0 Å². The van der Waals surface area contributed by atoms with E-state index >= 15 is 0 Å². The molecule has 0 aromatic heterocycles. The Hall–Kier alpha value is -1.01. The molecule has 0 amide bonds. The van der Waals surface area contributed by atoms with E-state index in [0.29, 0.717) is 0 Å². The maximum atomic E-state index is 12.9. The summed E-state index contributed by atoms with van der Waals surface area (Å²) in [6.07, 6.45) is -0.639. The molecule has 2 atom stereocenters. The van der Waals surface area contributed by atoms with Crippen molar-refractivity contribution >= 4 is 0 Å². The number of nitrogens with zero attached hydrogens (tertiary/aromatic N) is 2. The minimum absolute atomic E-state index is 0.103. The van der Waals surface area contributed by atoms with Crippen LogP contribution in [0.5, 0.6) is 0 Å². The molecule has 0 bridgehead atoms. The van der Waals surface area contributed by atoms with Crippen LogP contribution in [0.1, 0.15) is 18.6 Å². The van der Waals surface area contributed by atoms with E-state index in [1.165, 1.54) is 12.1 Å². The highest BCUT2D eigenvalue weighted by molar-refractivity contribution is 5.19. The van der Waals surface area contributed by atoms with E-state index in [2.05, 4.69) is 22.4 Å². The summed E-state index contributed by atoms with van der Waals surface area (Å²) < 4.78 is 12.9. The smallest absolute Gasteiger partial charge is 0.123 e. The zero-order chi connectivity index (χ0) is 13.8. The average Bonchev–Trinajstić information content (AvgIpc) is 2.41. The van der Waals surface area contributed by atoms with E-state index in [1.54, 1.807) is 12.1 Å². The summed E-state index contributed by atoms with van der Waals surface area (Å²) in [6.45, 7) is 5.86. The van der Waals surface area contributed by atoms with Crippen LogP contribution < -0.4 is 5.43 Å². The summed E-state index contributed by atoms with van der Waals surface area (Å²) in [7, 11) is 2.11. The average molecular weight is 267 g/mol. The summed E-state index contributed by atoms with van der Waals surface area (Å²) in [5.74, 6) is -0.282. The van der Waals surface area contributed by atoms with Crippen LogP contribution >= 0.6 is 0 Å². The SMILES string of the molecule is CC(NN1CCN(C)CC1)C(O)c1ccc(F)cc1. The Morgan fingerprint density at radius 2 is 1.74 bits per heavy atom. The number of hydrogen-bond donors (Lipinski definition) is 2. The molecule has 2 N–H and O–H groups in total. The highest BCUT2D eigenvalue weighted by Crippen LogP contribution is 2.17. The quantitative estimate of drug-likeness (QED) is 0.853. The third-order valence-electron chi connectivity index (χ3n) is 3.57. The predicted molar refractivity (Wildman–Crippen MR) is 73.0 cm³/mol. The van der Waals surface area contributed by atoms with Crippen molar-refractivity contribution in [2.45, 2.75) is 19.1 Å². The van der Waals surface area contributed by atoms with Crippen molar-refractivity contribution in [3.63, 3.8) is 0 Å². The second-order valence-electron chi connectivity index (χ2n) is 5.20. The van der Waals surface area contributed by atoms with Crippen molar-refractivity contribution in [1.29, 1.82) is 0 Å². The van der Waals surface area contributed by atoms with E-state index in [9.17, 15) is 9.50 Å². The highest BCUT2D eigenvalue weighted by Gasteiger charge is 2.21. The van der Waals surface area contributed by atoms with Gasteiger partial charge in [-0.3, -0.25) is 0 Å². The van der Waals surface area contributed by atoms with Crippen LogP contribution in [0.15, 0.2) is 24.3 Å². The molecule has 2 unspecified atom stereocenters. The fourth-order valence-corrected chi connectivity index (χ4v) is 2.24. The maximum absolute atomic E-state index is 12.9. The normalized spacial score (nSPS) is 21.3. The van der Waals surface area contributed by atoms with E-state index in [4.69, 9.17) is 0 Å². The van der Waals surface area contributed by atoms with Crippen LogP contribution in [-0.4, -0.2) is 54.3 Å². The predicted octanol–water partition coefficient (Wildman–Crippen LogP) is 1.000. The summed E-state index contributed by atoms with van der Waals surface area (Å²) in [5.41, 5.74) is 4.05. The summed E-state index contributed by atoms with van der Waals surface area (Å²) >= 11 is 0. The molecule has 0 saturated carbocycles. The van der Waals surface area contributed by atoms with Gasteiger partial charge >= 0.3 is 0 Å². The van der Waals surface area contributed by atoms with Crippen LogP contribution in [0.3, 0.4) is 0 Å². The minimum Gasteiger partial charge on any atom is -0.387 e. The molecule has 1 aromatic carbocycles. The first-order valence-electron chi connectivity index (χ1n) is 6.69. The molecule has 106 valence electrons. The zero-order valence-electron chi connectivity index (χ0n) is 11.5. The van der Waals surface area contributed by atoms with Gasteiger partial charge in [0, 0.05) is 32.2 Å². The first-order chi connectivity index (χ1) is 9.06. The number of nitrogens with one attached hydrogen (secondary N) is 1. The molecular formula is C14H22FN3O. The summed E-state index contributed by atoms with van der Waals surface area (Å²) in [5, 5.41) is 12.4. The molecular weight excluding hydrogens is 245 g/mol. The lowest BCUT2D eigenvalue weighted by molar-refractivity contribution is 0.0438. The van der Waals surface area contributed by atoms with Gasteiger partial charge in [0.15, 0.2) is 0 Å². The number of aliphatic hydroxyl groups is 1. The number of piperazine rings is 1. The Bertz CT molecular complexity index is 390. The largest absolute Gasteiger partial charge is 0.387 e. The van der Waals surface area contributed by atoms with Gasteiger partial charge in [-0.1, -0.05) is 12.1 Å². The number of hydrogen-bond acceptors (Lipinski definition) is 4. The Kier molecular flexibility index (Phi) is 4.87. The maximum Gasteiger partial charge on any atom is 0.123 e. The highest BCUT2D eigenvalue weighted by atomic mass is 19.1. The standard InChI is InChI=1S/C14H22FN3O/c1-11(16-18-9-7-17(2)8-10-18)14(19)12-3-5-13(15)6-4-12/h3-6,11,14,16,19H,7-10H2,1-2H3. The van der Waals surface area contributed by atoms with Crippen LogP contribution in [-0.2, 0) is 0 Å². The van der Waals surface area contributed by atoms with E-state index in [0.717, 1.165) is 31.7 Å². The molecule has 0 spiro atoms. The van der Waals surface area contributed by atoms with Gasteiger partial charge in [-0.25, -0.2) is 14.8 Å². The molecule has 2 rings (SSSR count). The number of rotatable bonds is 4. The lowest BCUT2D eigenvalue weighted by Gasteiger charge is -2.35. The Balaban J connectivity index is 1.88. The van der Waals surface area contributed by atoms with Crippen molar-refractivity contribution in [1.82, 2.24) is 15.3 Å². The van der Waals surface area contributed by atoms with Crippen molar-refractivity contribution in [2.75, 3.05) is 33.2 Å². The Morgan fingerprint density at radius 3 is 2.32 bits per heavy atom. The third-order valence-corrected chi connectivity index (χ3v) is 3.57. The van der Waals surface area contributed by atoms with Gasteiger partial charge in [-0.05, 0) is 31.7 Å². The van der Waals surface area contributed by atoms with Crippen LogP contribution in [0.2, 0.25) is 0 Å². The van der Waals surface area contributed by atoms with Crippen LogP contribution in [0.4, 0.5) is 4.39 Å². The molecule has 1 aliphatic heterocycles. The molecule has 0 aliphatic carbocycles. The number of halogens is 1. The van der Waals surface area contributed by atoms with Crippen LogP contribution in [0, 0.1) is 5.82 Å². The van der Waals surface area contributed by atoms with Gasteiger partial charge in [0.2, 0.25) is 0 Å². The van der Waals surface area contributed by atoms with Gasteiger partial charge in [-0.15, -0.1) is 0 Å². The molecule has 1 fully saturated rings. The second kappa shape index (κ2) is 6.43. The molecule has 5 heteroatoms. The first kappa shape index (κ1) is 14.4. The van der Waals surface area contributed by atoms with E-state index < -0.39 is 6.10 Å². The van der Waals surface area contributed by atoms with E-state index in [-0.39, 0.29) is 11.9 Å². The molecule has 19 heavy (non-hydrogen) atoms. The first-order valence-corrected chi connectivity index (χ1v) is 6.69. The second-order valence-corrected chi connectivity index (χ2v) is 5.20. The van der Waals surface area contributed by atoms with Crippen molar-refractivity contribution in [3.8, 4) is 0 Å². The molecule has 1 saturated heterocycles. The monoisotopic (exact) mass is 267 g/mol. The minimum atomic E-state index is -0.639. The van der Waals surface area contributed by atoms with Crippen LogP contribution in [0.25, 0.3) is 0 Å².